The van der Waals surface area contributed by atoms with Gasteiger partial charge in [0, 0.05) is 45.0 Å². The van der Waals surface area contributed by atoms with Gasteiger partial charge in [0.15, 0.2) is 5.58 Å². The van der Waals surface area contributed by atoms with Crippen LogP contribution in [0.15, 0.2) is 52.1 Å². The van der Waals surface area contributed by atoms with Crippen LogP contribution in [-0.4, -0.2) is 58.0 Å². The highest BCUT2D eigenvalue weighted by atomic mass is 16.3. The van der Waals surface area contributed by atoms with Crippen LogP contribution in [0.5, 0.6) is 0 Å². The number of fused-ring (bicyclic) bond motifs is 3. The predicted molar refractivity (Wildman–Crippen MR) is 124 cm³/mol. The first-order valence-electron chi connectivity index (χ1n) is 11.3. The molecule has 0 aromatic carbocycles. The Morgan fingerprint density at radius 2 is 1.97 bits per heavy atom. The predicted octanol–water partition coefficient (Wildman–Crippen LogP) is 2.28. The van der Waals surface area contributed by atoms with Crippen molar-refractivity contribution in [3.63, 3.8) is 0 Å². The first-order valence-corrected chi connectivity index (χ1v) is 11.3. The van der Waals surface area contributed by atoms with Gasteiger partial charge in [-0.2, -0.15) is 0 Å². The van der Waals surface area contributed by atoms with E-state index in [1.165, 1.54) is 6.26 Å². The number of aromatic nitrogens is 3. The van der Waals surface area contributed by atoms with Gasteiger partial charge in [0.25, 0.3) is 11.5 Å². The van der Waals surface area contributed by atoms with E-state index in [0.29, 0.717) is 33.7 Å². The third-order valence-electron chi connectivity index (χ3n) is 6.35. The highest BCUT2D eigenvalue weighted by Gasteiger charge is 2.24. The van der Waals surface area contributed by atoms with Gasteiger partial charge in [0.2, 0.25) is 0 Å². The molecule has 2 aliphatic rings. The molecule has 1 saturated carbocycles. The lowest BCUT2D eigenvalue weighted by atomic mass is 10.2. The highest BCUT2D eigenvalue weighted by molar-refractivity contribution is 5.99. The fraction of sp³-hybridized carbons (Fsp3) is 0.333. The number of pyridine rings is 3. The third kappa shape index (κ3) is 3.95. The van der Waals surface area contributed by atoms with Crippen LogP contribution in [0, 0.1) is 0 Å². The maximum Gasteiger partial charge on any atom is 0.270 e. The summed E-state index contributed by atoms with van der Waals surface area (Å²) in [5.74, 6) is -0.0908. The number of carbonyl (C=O) groups excluding carboxylic acids is 1. The summed E-state index contributed by atoms with van der Waals surface area (Å²) in [5, 5.41) is 3.49. The molecule has 1 aliphatic carbocycles. The van der Waals surface area contributed by atoms with Gasteiger partial charge in [0.05, 0.1) is 29.1 Å². The first-order chi connectivity index (χ1) is 16.1. The maximum atomic E-state index is 12.2. The lowest BCUT2D eigenvalue weighted by Crippen LogP contribution is -2.46. The molecule has 0 radical (unpaired) electrons. The van der Waals surface area contributed by atoms with Crippen molar-refractivity contribution in [2.24, 2.45) is 0 Å². The van der Waals surface area contributed by atoms with Gasteiger partial charge in [-0.1, -0.05) is 0 Å². The molecule has 168 valence electrons. The van der Waals surface area contributed by atoms with Gasteiger partial charge in [0.1, 0.15) is 11.2 Å². The third-order valence-corrected chi connectivity index (χ3v) is 6.35. The van der Waals surface area contributed by atoms with Crippen LogP contribution in [0.3, 0.4) is 0 Å². The molecule has 2 fully saturated rings. The molecule has 6 rings (SSSR count). The number of hydrogen-bond acceptors (Lipinski definition) is 7. The Balaban J connectivity index is 1.10. The number of anilines is 1. The second-order valence-electron chi connectivity index (χ2n) is 8.77. The van der Waals surface area contributed by atoms with Crippen LogP contribution in [0.4, 0.5) is 5.69 Å². The van der Waals surface area contributed by atoms with Crippen LogP contribution in [0.25, 0.3) is 22.0 Å². The van der Waals surface area contributed by atoms with Crippen molar-refractivity contribution in [2.75, 3.05) is 31.1 Å². The van der Waals surface area contributed by atoms with E-state index in [0.717, 1.165) is 56.8 Å². The Bertz CT molecular complexity index is 1380. The number of carbonyl (C=O) groups is 1. The summed E-state index contributed by atoms with van der Waals surface area (Å²) in [6.45, 7) is 4.30. The fourth-order valence-electron chi connectivity index (χ4n) is 4.35. The monoisotopic (exact) mass is 444 g/mol. The summed E-state index contributed by atoms with van der Waals surface area (Å²) in [7, 11) is 0. The number of nitrogens with zero attached hydrogens (tertiary/aromatic N) is 4. The van der Waals surface area contributed by atoms with Gasteiger partial charge in [-0.15, -0.1) is 0 Å². The SMILES string of the molecule is O=C(NC1CC1)c1ccc(N2CCN(Cc3cnc4c(c3)[nH]c(=O)c3ccoc34)CC2)cn1. The van der Waals surface area contributed by atoms with Crippen LogP contribution in [-0.2, 0) is 6.54 Å². The molecule has 1 saturated heterocycles. The van der Waals surface area contributed by atoms with Crippen LogP contribution < -0.4 is 15.8 Å². The quantitative estimate of drug-likeness (QED) is 0.486. The fourth-order valence-corrected chi connectivity index (χ4v) is 4.35. The molecular weight excluding hydrogens is 420 g/mol. The maximum absolute atomic E-state index is 12.2. The number of aromatic amines is 1. The smallest absolute Gasteiger partial charge is 0.270 e. The molecule has 0 unspecified atom stereocenters. The molecule has 0 bridgehead atoms. The Labute approximate surface area is 189 Å². The van der Waals surface area contributed by atoms with E-state index >= 15 is 0 Å². The summed E-state index contributed by atoms with van der Waals surface area (Å²) in [6, 6.07) is 7.75. The number of rotatable bonds is 5. The van der Waals surface area contributed by atoms with Crippen molar-refractivity contribution in [3.05, 3.63) is 64.5 Å². The van der Waals surface area contributed by atoms with Crippen molar-refractivity contribution >= 4 is 33.6 Å². The number of H-pyrrole nitrogens is 1. The minimum absolute atomic E-state index is 0.0908. The Morgan fingerprint density at radius 1 is 1.12 bits per heavy atom. The lowest BCUT2D eigenvalue weighted by molar-refractivity contribution is 0.0946. The molecule has 0 atom stereocenters. The van der Waals surface area contributed by atoms with Crippen molar-refractivity contribution in [1.82, 2.24) is 25.2 Å². The summed E-state index contributed by atoms with van der Waals surface area (Å²) >= 11 is 0. The number of amides is 1. The molecule has 0 spiro atoms. The molecule has 9 heteroatoms. The number of furan rings is 1. The summed E-state index contributed by atoms with van der Waals surface area (Å²) in [4.78, 5) is 40.9. The largest absolute Gasteiger partial charge is 0.462 e. The zero-order valence-electron chi connectivity index (χ0n) is 18.1. The van der Waals surface area contributed by atoms with Gasteiger partial charge in [-0.3, -0.25) is 19.5 Å². The van der Waals surface area contributed by atoms with E-state index in [1.54, 1.807) is 18.3 Å². The minimum atomic E-state index is -0.163. The van der Waals surface area contributed by atoms with Crippen LogP contribution >= 0.6 is 0 Å². The van der Waals surface area contributed by atoms with Crippen LogP contribution in [0.2, 0.25) is 0 Å². The topological polar surface area (TPSA) is 107 Å². The normalized spacial score (nSPS) is 17.0. The van der Waals surface area contributed by atoms with Crippen LogP contribution in [0.1, 0.15) is 28.9 Å². The number of piperazine rings is 1. The molecule has 4 aromatic heterocycles. The number of hydrogen-bond donors (Lipinski definition) is 2. The van der Waals surface area contributed by atoms with Crippen molar-refractivity contribution in [3.8, 4) is 0 Å². The Hall–Kier alpha value is -3.72. The van der Waals surface area contributed by atoms with E-state index in [1.807, 2.05) is 18.3 Å². The average molecular weight is 444 g/mol. The second-order valence-corrected chi connectivity index (χ2v) is 8.77. The Morgan fingerprint density at radius 3 is 2.73 bits per heavy atom. The van der Waals surface area contributed by atoms with Crippen molar-refractivity contribution in [2.45, 2.75) is 25.4 Å². The van der Waals surface area contributed by atoms with E-state index in [9.17, 15) is 9.59 Å². The highest BCUT2D eigenvalue weighted by Crippen LogP contribution is 2.22. The molecule has 9 nitrogen and oxygen atoms in total. The second kappa shape index (κ2) is 8.00. The van der Waals surface area contributed by atoms with Gasteiger partial charge in [-0.25, -0.2) is 4.98 Å². The van der Waals surface area contributed by atoms with Crippen molar-refractivity contribution in [1.29, 1.82) is 0 Å². The summed E-state index contributed by atoms with van der Waals surface area (Å²) in [6.07, 6.45) is 7.28. The number of nitrogens with one attached hydrogen (secondary N) is 2. The molecule has 1 aliphatic heterocycles. The molecular formula is C24H24N6O3. The lowest BCUT2D eigenvalue weighted by Gasteiger charge is -2.36. The molecule has 1 amide bonds. The van der Waals surface area contributed by atoms with Crippen molar-refractivity contribution < 1.29 is 9.21 Å². The standard InChI is InChI=1S/C24H24N6O3/c31-23-18-5-10-33-22(18)21-20(28-23)11-15(12-26-21)14-29-6-8-30(9-7-29)17-3-4-19(25-13-17)24(32)27-16-1-2-16/h3-5,10-13,16H,1-2,6-9,14H2,(H,27,32)(H,28,31). The van der Waals surface area contributed by atoms with E-state index in [-0.39, 0.29) is 11.5 Å². The first kappa shape index (κ1) is 19.9. The summed E-state index contributed by atoms with van der Waals surface area (Å²) < 4.78 is 5.47. The zero-order valence-corrected chi connectivity index (χ0v) is 18.1. The molecule has 33 heavy (non-hydrogen) atoms. The summed E-state index contributed by atoms with van der Waals surface area (Å²) in [5.41, 5.74) is 4.27. The molecule has 2 N–H and O–H groups in total. The zero-order chi connectivity index (χ0) is 22.4. The van der Waals surface area contributed by atoms with Gasteiger partial charge in [-0.05, 0) is 42.7 Å². The van der Waals surface area contributed by atoms with E-state index in [2.05, 4.69) is 30.1 Å². The van der Waals surface area contributed by atoms with Gasteiger partial charge >= 0.3 is 0 Å². The van der Waals surface area contributed by atoms with Gasteiger partial charge < -0.3 is 19.6 Å². The molecule has 5 heterocycles. The van der Waals surface area contributed by atoms with E-state index in [4.69, 9.17) is 4.42 Å². The Kier molecular flexibility index (Phi) is 4.83. The minimum Gasteiger partial charge on any atom is -0.462 e. The average Bonchev–Trinajstić information content (AvgIpc) is 3.50. The molecule has 4 aromatic rings. The van der Waals surface area contributed by atoms with E-state index < -0.39 is 0 Å².